The summed E-state index contributed by atoms with van der Waals surface area (Å²) in [5, 5.41) is 3.74. The van der Waals surface area contributed by atoms with Crippen LogP contribution in [-0.4, -0.2) is 10.3 Å². The summed E-state index contributed by atoms with van der Waals surface area (Å²) in [4.78, 5) is 0.848. The number of benzene rings is 2. The number of nitrogens with one attached hydrogen (secondary N) is 2. The minimum atomic E-state index is -1.17. The van der Waals surface area contributed by atoms with Crippen molar-refractivity contribution in [1.82, 2.24) is 4.72 Å². The van der Waals surface area contributed by atoms with Crippen LogP contribution in [0.5, 0.6) is 0 Å². The van der Waals surface area contributed by atoms with E-state index >= 15 is 0 Å². The lowest BCUT2D eigenvalue weighted by molar-refractivity contribution is 0.425. The van der Waals surface area contributed by atoms with Crippen molar-refractivity contribution >= 4 is 32.6 Å². The van der Waals surface area contributed by atoms with Crippen molar-refractivity contribution in [2.75, 3.05) is 5.32 Å². The highest BCUT2D eigenvalue weighted by Crippen LogP contribution is 2.50. The van der Waals surface area contributed by atoms with Crippen molar-refractivity contribution in [1.29, 1.82) is 0 Å². The van der Waals surface area contributed by atoms with Crippen LogP contribution in [0, 0.1) is 5.92 Å². The number of hydrogen-bond donors (Lipinski definition) is 2. The average molecular weight is 431 g/mol. The Bertz CT molecular complexity index is 863. The molecule has 0 saturated heterocycles. The first kappa shape index (κ1) is 18.0. The van der Waals surface area contributed by atoms with Gasteiger partial charge in [-0.05, 0) is 67.6 Å². The summed E-state index contributed by atoms with van der Waals surface area (Å²) in [6.45, 7) is 4.02. The summed E-state index contributed by atoms with van der Waals surface area (Å²) < 4.78 is 16.7. The second-order valence-electron chi connectivity index (χ2n) is 7.32. The number of halogens is 1. The number of anilines is 1. The SMILES string of the molecule is CC(C)NS(=O)c1ccc2c(c1)C1C=CCC1C(c1ccc(Br)cc1)N2. The highest BCUT2D eigenvalue weighted by atomic mass is 79.9. The molecule has 5 heteroatoms. The number of hydrogen-bond acceptors (Lipinski definition) is 2. The average Bonchev–Trinajstić information content (AvgIpc) is 3.11. The van der Waals surface area contributed by atoms with E-state index in [1.165, 1.54) is 11.1 Å². The fourth-order valence-corrected chi connectivity index (χ4v) is 5.22. The maximum Gasteiger partial charge on any atom is 0.125 e. The minimum absolute atomic E-state index is 0.186. The Morgan fingerprint density at radius 2 is 1.96 bits per heavy atom. The van der Waals surface area contributed by atoms with Crippen molar-refractivity contribution in [3.8, 4) is 0 Å². The lowest BCUT2D eigenvalue weighted by Gasteiger charge is -2.37. The van der Waals surface area contributed by atoms with Crippen LogP contribution in [0.4, 0.5) is 5.69 Å². The zero-order valence-electron chi connectivity index (χ0n) is 14.9. The van der Waals surface area contributed by atoms with Crippen LogP contribution in [-0.2, 0) is 11.0 Å². The van der Waals surface area contributed by atoms with Gasteiger partial charge in [-0.15, -0.1) is 0 Å². The van der Waals surface area contributed by atoms with Crippen LogP contribution in [0.25, 0.3) is 0 Å². The molecule has 0 saturated carbocycles. The summed E-state index contributed by atoms with van der Waals surface area (Å²) in [6.07, 6.45) is 5.67. The maximum absolute atomic E-state index is 12.5. The molecule has 2 aliphatic rings. The topological polar surface area (TPSA) is 41.1 Å². The van der Waals surface area contributed by atoms with Gasteiger partial charge in [-0.1, -0.05) is 40.2 Å². The Hall–Kier alpha value is -1.43. The number of fused-ring (bicyclic) bond motifs is 3. The summed E-state index contributed by atoms with van der Waals surface area (Å²) in [7, 11) is -1.17. The van der Waals surface area contributed by atoms with Crippen molar-refractivity contribution in [2.45, 2.75) is 43.2 Å². The van der Waals surface area contributed by atoms with Crippen LogP contribution >= 0.6 is 15.9 Å². The van der Waals surface area contributed by atoms with Crippen LogP contribution in [0.3, 0.4) is 0 Å². The second-order valence-corrected chi connectivity index (χ2v) is 9.48. The molecule has 26 heavy (non-hydrogen) atoms. The molecule has 0 spiro atoms. The Labute approximate surface area is 166 Å². The molecule has 0 fully saturated rings. The van der Waals surface area contributed by atoms with E-state index < -0.39 is 11.0 Å². The van der Waals surface area contributed by atoms with Gasteiger partial charge in [0.25, 0.3) is 0 Å². The summed E-state index contributed by atoms with van der Waals surface area (Å²) in [5.74, 6) is 0.862. The molecule has 1 aliphatic heterocycles. The highest BCUT2D eigenvalue weighted by molar-refractivity contribution is 9.10. The molecular weight excluding hydrogens is 408 g/mol. The molecule has 4 atom stereocenters. The fraction of sp³-hybridized carbons (Fsp3) is 0.333. The Balaban J connectivity index is 1.68. The van der Waals surface area contributed by atoms with Gasteiger partial charge < -0.3 is 5.32 Å². The van der Waals surface area contributed by atoms with Crippen molar-refractivity contribution in [2.24, 2.45) is 5.92 Å². The molecule has 2 N–H and O–H groups in total. The van der Waals surface area contributed by atoms with Crippen molar-refractivity contribution in [3.05, 3.63) is 70.2 Å². The number of allylic oxidation sites excluding steroid dienone is 2. The predicted molar refractivity (Wildman–Crippen MR) is 112 cm³/mol. The fourth-order valence-electron chi connectivity index (χ4n) is 3.97. The lowest BCUT2D eigenvalue weighted by atomic mass is 9.77. The molecule has 4 rings (SSSR count). The van der Waals surface area contributed by atoms with Gasteiger partial charge in [0.15, 0.2) is 0 Å². The second kappa shape index (κ2) is 7.29. The van der Waals surface area contributed by atoms with Gasteiger partial charge >= 0.3 is 0 Å². The first-order chi connectivity index (χ1) is 12.5. The first-order valence-corrected chi connectivity index (χ1v) is 11.0. The Kier molecular flexibility index (Phi) is 5.04. The quantitative estimate of drug-likeness (QED) is 0.646. The van der Waals surface area contributed by atoms with Crippen LogP contribution in [0.2, 0.25) is 0 Å². The van der Waals surface area contributed by atoms with Gasteiger partial charge in [0.1, 0.15) is 11.0 Å². The molecule has 0 amide bonds. The number of rotatable bonds is 4. The molecule has 2 aromatic rings. The summed E-state index contributed by atoms with van der Waals surface area (Å²) >= 11 is 3.52. The first-order valence-electron chi connectivity index (χ1n) is 9.03. The van der Waals surface area contributed by atoms with Gasteiger partial charge in [0.05, 0.1) is 10.9 Å². The normalized spacial score (nSPS) is 24.8. The van der Waals surface area contributed by atoms with Gasteiger partial charge in [0, 0.05) is 22.1 Å². The van der Waals surface area contributed by atoms with E-state index in [1.807, 2.05) is 19.9 Å². The summed E-state index contributed by atoms with van der Waals surface area (Å²) in [6, 6.07) is 15.2. The molecule has 1 aliphatic carbocycles. The molecule has 4 unspecified atom stereocenters. The van der Waals surface area contributed by atoms with Crippen molar-refractivity contribution < 1.29 is 4.21 Å². The van der Waals surface area contributed by atoms with E-state index in [2.05, 4.69) is 74.5 Å². The van der Waals surface area contributed by atoms with Crippen LogP contribution in [0.15, 0.2) is 64.0 Å². The van der Waals surface area contributed by atoms with E-state index in [1.54, 1.807) is 0 Å². The molecule has 0 radical (unpaired) electrons. The zero-order valence-corrected chi connectivity index (χ0v) is 17.3. The minimum Gasteiger partial charge on any atom is -0.378 e. The molecule has 2 aromatic carbocycles. The van der Waals surface area contributed by atoms with E-state index in [9.17, 15) is 4.21 Å². The Morgan fingerprint density at radius 3 is 2.69 bits per heavy atom. The Morgan fingerprint density at radius 1 is 1.19 bits per heavy atom. The van der Waals surface area contributed by atoms with Gasteiger partial charge in [-0.2, -0.15) is 0 Å². The van der Waals surface area contributed by atoms with E-state index in [0.29, 0.717) is 17.9 Å². The molecule has 1 heterocycles. The maximum atomic E-state index is 12.5. The largest absolute Gasteiger partial charge is 0.378 e. The predicted octanol–water partition coefficient (Wildman–Crippen LogP) is 5.30. The van der Waals surface area contributed by atoms with Gasteiger partial charge in [-0.3, -0.25) is 0 Å². The van der Waals surface area contributed by atoms with Gasteiger partial charge in [0.2, 0.25) is 0 Å². The molecular formula is C21H23BrN2OS. The monoisotopic (exact) mass is 430 g/mol. The van der Waals surface area contributed by atoms with Crippen LogP contribution in [0.1, 0.15) is 43.4 Å². The zero-order chi connectivity index (χ0) is 18.3. The van der Waals surface area contributed by atoms with Crippen LogP contribution < -0.4 is 10.0 Å². The summed E-state index contributed by atoms with van der Waals surface area (Å²) in [5.41, 5.74) is 3.72. The molecule has 0 aromatic heterocycles. The highest BCUT2D eigenvalue weighted by Gasteiger charge is 2.38. The van der Waals surface area contributed by atoms with Crippen molar-refractivity contribution in [3.63, 3.8) is 0 Å². The smallest absolute Gasteiger partial charge is 0.125 e. The molecule has 0 bridgehead atoms. The molecule has 3 nitrogen and oxygen atoms in total. The van der Waals surface area contributed by atoms with E-state index in [4.69, 9.17) is 0 Å². The third kappa shape index (κ3) is 3.40. The van der Waals surface area contributed by atoms with E-state index in [0.717, 1.165) is 21.5 Å². The third-order valence-electron chi connectivity index (χ3n) is 5.12. The standard InChI is InChI=1S/C21H23BrN2OS/c1-13(2)24-26(25)16-10-11-20-19(12-16)17-4-3-5-18(17)21(23-20)14-6-8-15(22)9-7-14/h3-4,6-13,17-18,21,23-24H,5H2,1-2H3. The molecule has 136 valence electrons. The van der Waals surface area contributed by atoms with E-state index in [-0.39, 0.29) is 6.04 Å². The third-order valence-corrected chi connectivity index (χ3v) is 7.02. The lowest BCUT2D eigenvalue weighted by Crippen LogP contribution is -2.29. The van der Waals surface area contributed by atoms with Gasteiger partial charge in [-0.25, -0.2) is 8.93 Å².